The molecule has 1 fully saturated rings. The second-order valence-corrected chi connectivity index (χ2v) is 3.17. The van der Waals surface area contributed by atoms with E-state index < -0.39 is 24.4 Å². The first-order valence-electron chi connectivity index (χ1n) is 3.76. The van der Waals surface area contributed by atoms with Crippen LogP contribution in [0, 0.1) is 5.92 Å². The lowest BCUT2D eigenvalue weighted by atomic mass is 10.2. The Morgan fingerprint density at radius 3 is 2.08 bits per heavy atom. The summed E-state index contributed by atoms with van der Waals surface area (Å²) in [6, 6.07) is 0. The van der Waals surface area contributed by atoms with Crippen molar-refractivity contribution in [2.45, 2.75) is 37.8 Å². The van der Waals surface area contributed by atoms with Crippen molar-refractivity contribution in [3.05, 3.63) is 0 Å². The van der Waals surface area contributed by atoms with Crippen LogP contribution < -0.4 is 0 Å². The number of hydrogen-bond acceptors (Lipinski definition) is 0. The van der Waals surface area contributed by atoms with E-state index in [0.29, 0.717) is 0 Å². The maximum absolute atomic E-state index is 12.1. The van der Waals surface area contributed by atoms with Crippen molar-refractivity contribution in [1.82, 2.24) is 0 Å². The molecule has 1 aliphatic carbocycles. The minimum atomic E-state index is -4.20. The van der Waals surface area contributed by atoms with Gasteiger partial charge in [-0.15, -0.1) is 0 Å². The van der Waals surface area contributed by atoms with Gasteiger partial charge in [0.25, 0.3) is 5.92 Å². The number of alkyl halides is 5. The zero-order chi connectivity index (χ0) is 9.41. The Morgan fingerprint density at radius 1 is 1.25 bits per heavy atom. The van der Waals surface area contributed by atoms with Crippen molar-refractivity contribution in [2.75, 3.05) is 0 Å². The first-order valence-corrected chi connectivity index (χ1v) is 3.76. The minimum absolute atomic E-state index is 0.00743. The molecule has 0 aromatic carbocycles. The van der Waals surface area contributed by atoms with Crippen LogP contribution in [0.2, 0.25) is 0 Å². The molecule has 0 aromatic rings. The molecule has 1 saturated carbocycles. The van der Waals surface area contributed by atoms with Crippen molar-refractivity contribution < 1.29 is 22.0 Å². The zero-order valence-corrected chi connectivity index (χ0v) is 6.30. The van der Waals surface area contributed by atoms with Crippen LogP contribution in [-0.4, -0.2) is 12.1 Å². The molecular formula is C7H9F5. The molecule has 5 heteroatoms. The standard InChI is InChI=1S/C7H9F5/c8-6(9)4-5(6)2-1-3-7(10,11)12/h5H,1-4H2. The van der Waals surface area contributed by atoms with E-state index in [4.69, 9.17) is 0 Å². The Kier molecular flexibility index (Phi) is 2.31. The van der Waals surface area contributed by atoms with Gasteiger partial charge in [0.05, 0.1) is 0 Å². The third kappa shape index (κ3) is 2.95. The molecule has 12 heavy (non-hydrogen) atoms. The molecule has 1 aliphatic rings. The van der Waals surface area contributed by atoms with Crippen LogP contribution in [0.5, 0.6) is 0 Å². The summed E-state index contributed by atoms with van der Waals surface area (Å²) >= 11 is 0. The molecule has 0 amide bonds. The maximum atomic E-state index is 12.1. The van der Waals surface area contributed by atoms with E-state index in [1.54, 1.807) is 0 Å². The highest BCUT2D eigenvalue weighted by Crippen LogP contribution is 2.51. The van der Waals surface area contributed by atoms with Gasteiger partial charge in [0.2, 0.25) is 0 Å². The van der Waals surface area contributed by atoms with Crippen LogP contribution in [0.1, 0.15) is 25.7 Å². The fourth-order valence-electron chi connectivity index (χ4n) is 1.13. The van der Waals surface area contributed by atoms with E-state index in [-0.39, 0.29) is 19.3 Å². The van der Waals surface area contributed by atoms with Gasteiger partial charge >= 0.3 is 6.18 Å². The average Bonchev–Trinajstić information content (AvgIpc) is 2.36. The number of hydrogen-bond donors (Lipinski definition) is 0. The molecule has 1 unspecified atom stereocenters. The summed E-state index contributed by atoms with van der Waals surface area (Å²) in [4.78, 5) is 0. The third-order valence-electron chi connectivity index (χ3n) is 1.97. The second kappa shape index (κ2) is 2.85. The fourth-order valence-corrected chi connectivity index (χ4v) is 1.13. The lowest BCUT2D eigenvalue weighted by Crippen LogP contribution is -2.07. The topological polar surface area (TPSA) is 0 Å². The van der Waals surface area contributed by atoms with Crippen LogP contribution in [0.25, 0.3) is 0 Å². The van der Waals surface area contributed by atoms with E-state index >= 15 is 0 Å². The van der Waals surface area contributed by atoms with Crippen LogP contribution >= 0.6 is 0 Å². The highest BCUT2D eigenvalue weighted by molar-refractivity contribution is 4.94. The van der Waals surface area contributed by atoms with Crippen molar-refractivity contribution in [3.8, 4) is 0 Å². The lowest BCUT2D eigenvalue weighted by molar-refractivity contribution is -0.136. The predicted molar refractivity (Wildman–Crippen MR) is 33.0 cm³/mol. The van der Waals surface area contributed by atoms with E-state index in [1.807, 2.05) is 0 Å². The maximum Gasteiger partial charge on any atom is 0.389 e. The summed E-state index contributed by atoms with van der Waals surface area (Å²) in [6.07, 6.45) is -5.56. The monoisotopic (exact) mass is 188 g/mol. The van der Waals surface area contributed by atoms with Crippen molar-refractivity contribution in [2.24, 2.45) is 5.92 Å². The normalized spacial score (nSPS) is 27.2. The molecule has 0 heterocycles. The molecule has 0 N–H and O–H groups in total. The van der Waals surface area contributed by atoms with Gasteiger partial charge in [0.1, 0.15) is 0 Å². The molecule has 0 saturated heterocycles. The van der Waals surface area contributed by atoms with Gasteiger partial charge < -0.3 is 0 Å². The third-order valence-corrected chi connectivity index (χ3v) is 1.97. The van der Waals surface area contributed by atoms with E-state index in [0.717, 1.165) is 0 Å². The molecular weight excluding hydrogens is 179 g/mol. The molecule has 0 aliphatic heterocycles. The van der Waals surface area contributed by atoms with Gasteiger partial charge in [-0.05, 0) is 12.8 Å². The first-order chi connectivity index (χ1) is 5.31. The molecule has 0 bridgehead atoms. The van der Waals surface area contributed by atoms with Gasteiger partial charge in [-0.2, -0.15) is 13.2 Å². The molecule has 0 spiro atoms. The summed E-state index contributed by atoms with van der Waals surface area (Å²) in [5.41, 5.74) is 0. The Hall–Kier alpha value is -0.350. The highest BCUT2D eigenvalue weighted by atomic mass is 19.4. The van der Waals surface area contributed by atoms with Crippen LogP contribution in [0.3, 0.4) is 0 Å². The molecule has 0 aromatic heterocycles. The first kappa shape index (κ1) is 9.74. The molecule has 72 valence electrons. The Morgan fingerprint density at radius 2 is 1.75 bits per heavy atom. The smallest absolute Gasteiger partial charge is 0.207 e. The van der Waals surface area contributed by atoms with Crippen molar-refractivity contribution in [1.29, 1.82) is 0 Å². The van der Waals surface area contributed by atoms with E-state index in [2.05, 4.69) is 0 Å². The van der Waals surface area contributed by atoms with Crippen LogP contribution in [0.4, 0.5) is 22.0 Å². The van der Waals surface area contributed by atoms with E-state index in [9.17, 15) is 22.0 Å². The largest absolute Gasteiger partial charge is 0.389 e. The van der Waals surface area contributed by atoms with Gasteiger partial charge in [-0.25, -0.2) is 8.78 Å². The average molecular weight is 188 g/mol. The molecule has 0 radical (unpaired) electrons. The summed E-state index contributed by atoms with van der Waals surface area (Å²) in [5, 5.41) is 0. The number of rotatable bonds is 3. The van der Waals surface area contributed by atoms with Gasteiger partial charge in [0.15, 0.2) is 0 Å². The summed E-state index contributed by atoms with van der Waals surface area (Å²) < 4.78 is 58.9. The SMILES string of the molecule is FC(F)(F)CCCC1CC1(F)F. The number of halogens is 5. The molecule has 1 rings (SSSR count). The van der Waals surface area contributed by atoms with Gasteiger partial charge in [0, 0.05) is 18.8 Å². The van der Waals surface area contributed by atoms with E-state index in [1.165, 1.54) is 0 Å². The Labute approximate surface area is 66.8 Å². The fraction of sp³-hybridized carbons (Fsp3) is 1.00. The lowest BCUT2D eigenvalue weighted by Gasteiger charge is -2.04. The Bertz CT molecular complexity index is 160. The van der Waals surface area contributed by atoms with Gasteiger partial charge in [-0.3, -0.25) is 0 Å². The predicted octanol–water partition coefficient (Wildman–Crippen LogP) is 3.37. The Balaban J connectivity index is 2.05. The molecule has 0 nitrogen and oxygen atoms in total. The van der Waals surface area contributed by atoms with Crippen molar-refractivity contribution >= 4 is 0 Å². The zero-order valence-electron chi connectivity index (χ0n) is 6.30. The summed E-state index contributed by atoms with van der Waals surface area (Å²) in [7, 11) is 0. The van der Waals surface area contributed by atoms with Crippen LogP contribution in [0.15, 0.2) is 0 Å². The second-order valence-electron chi connectivity index (χ2n) is 3.17. The molecule has 1 atom stereocenters. The van der Waals surface area contributed by atoms with Gasteiger partial charge in [-0.1, -0.05) is 0 Å². The van der Waals surface area contributed by atoms with Crippen LogP contribution in [-0.2, 0) is 0 Å². The quantitative estimate of drug-likeness (QED) is 0.595. The van der Waals surface area contributed by atoms with Crippen molar-refractivity contribution in [3.63, 3.8) is 0 Å². The summed E-state index contributed by atoms with van der Waals surface area (Å²) in [6.45, 7) is 0. The summed E-state index contributed by atoms with van der Waals surface area (Å²) in [5.74, 6) is -3.47. The minimum Gasteiger partial charge on any atom is -0.207 e. The highest BCUT2D eigenvalue weighted by Gasteiger charge is 2.55.